The molecule has 120 valence electrons. The van der Waals surface area contributed by atoms with Gasteiger partial charge in [0, 0.05) is 18.7 Å². The van der Waals surface area contributed by atoms with Gasteiger partial charge in [-0.2, -0.15) is 0 Å². The third kappa shape index (κ3) is 5.09. The fraction of sp³-hybridized carbons (Fsp3) is 0.571. The van der Waals surface area contributed by atoms with Gasteiger partial charge in [0.15, 0.2) is 11.5 Å². The Morgan fingerprint density at radius 2 is 1.71 bits per heavy atom. The lowest BCUT2D eigenvalue weighted by Gasteiger charge is -2.17. The molecule has 0 saturated heterocycles. The minimum Gasteiger partial charge on any atom is -0.493 e. The summed E-state index contributed by atoms with van der Waals surface area (Å²) in [7, 11) is -0.428. The molecular formula is C14H24N2O4S. The fourth-order valence-electron chi connectivity index (χ4n) is 1.68. The molecule has 0 aromatic heterocycles. The van der Waals surface area contributed by atoms with E-state index in [9.17, 15) is 8.42 Å². The van der Waals surface area contributed by atoms with E-state index in [4.69, 9.17) is 9.47 Å². The molecule has 0 amide bonds. The largest absolute Gasteiger partial charge is 0.493 e. The quantitative estimate of drug-likeness (QED) is 0.765. The standard InChI is InChI=1S/C14H24N2O4S/c1-10(2)15-9-11(3)21(17,18)16-12-6-7-13(19-4)14(8-12)20-5/h6-8,10-11,15-16H,9H2,1-5H3. The molecule has 7 heteroatoms. The smallest absolute Gasteiger partial charge is 0.236 e. The number of ether oxygens (including phenoxy) is 2. The summed E-state index contributed by atoms with van der Waals surface area (Å²) in [4.78, 5) is 0. The van der Waals surface area contributed by atoms with Gasteiger partial charge in [0.2, 0.25) is 10.0 Å². The number of nitrogens with one attached hydrogen (secondary N) is 2. The van der Waals surface area contributed by atoms with Crippen LogP contribution in [0.1, 0.15) is 20.8 Å². The maximum absolute atomic E-state index is 12.2. The van der Waals surface area contributed by atoms with Crippen LogP contribution in [0.3, 0.4) is 0 Å². The molecule has 21 heavy (non-hydrogen) atoms. The summed E-state index contributed by atoms with van der Waals surface area (Å²) in [5, 5.41) is 2.57. The van der Waals surface area contributed by atoms with Crippen LogP contribution in [0.4, 0.5) is 5.69 Å². The molecule has 1 atom stereocenters. The van der Waals surface area contributed by atoms with Gasteiger partial charge in [-0.05, 0) is 19.1 Å². The first-order valence-corrected chi connectivity index (χ1v) is 8.31. The topological polar surface area (TPSA) is 76.7 Å². The van der Waals surface area contributed by atoms with E-state index >= 15 is 0 Å². The molecule has 0 aliphatic rings. The molecule has 0 heterocycles. The number of hydrogen-bond acceptors (Lipinski definition) is 5. The van der Waals surface area contributed by atoms with Crippen LogP contribution in [-0.2, 0) is 10.0 Å². The van der Waals surface area contributed by atoms with Gasteiger partial charge >= 0.3 is 0 Å². The van der Waals surface area contributed by atoms with E-state index in [1.54, 1.807) is 25.1 Å². The first kappa shape index (κ1) is 17.6. The van der Waals surface area contributed by atoms with Crippen molar-refractivity contribution < 1.29 is 17.9 Å². The first-order valence-electron chi connectivity index (χ1n) is 6.77. The van der Waals surface area contributed by atoms with Crippen LogP contribution >= 0.6 is 0 Å². The summed E-state index contributed by atoms with van der Waals surface area (Å²) in [6.45, 7) is 6.00. The Kier molecular flexibility index (Phi) is 6.29. The van der Waals surface area contributed by atoms with Crippen LogP contribution in [0.5, 0.6) is 11.5 Å². The molecule has 1 aromatic carbocycles. The third-order valence-corrected chi connectivity index (χ3v) is 4.73. The number of hydrogen-bond donors (Lipinski definition) is 2. The highest BCUT2D eigenvalue weighted by Crippen LogP contribution is 2.30. The Hall–Kier alpha value is -1.47. The van der Waals surface area contributed by atoms with Gasteiger partial charge in [0.05, 0.1) is 25.2 Å². The average molecular weight is 316 g/mol. The minimum absolute atomic E-state index is 0.240. The summed E-state index contributed by atoms with van der Waals surface area (Å²) in [6, 6.07) is 5.14. The van der Waals surface area contributed by atoms with Gasteiger partial charge in [0.25, 0.3) is 0 Å². The lowest BCUT2D eigenvalue weighted by atomic mass is 10.3. The Labute approximate surface area is 126 Å². The van der Waals surface area contributed by atoms with E-state index in [1.807, 2.05) is 13.8 Å². The van der Waals surface area contributed by atoms with Gasteiger partial charge in [0.1, 0.15) is 0 Å². The maximum atomic E-state index is 12.2. The van der Waals surface area contributed by atoms with Crippen LogP contribution < -0.4 is 19.5 Å². The molecule has 1 unspecified atom stereocenters. The molecule has 0 fully saturated rings. The van der Waals surface area contributed by atoms with Crippen molar-refractivity contribution in [1.29, 1.82) is 0 Å². The Morgan fingerprint density at radius 3 is 2.24 bits per heavy atom. The summed E-state index contributed by atoms with van der Waals surface area (Å²) in [6.07, 6.45) is 0. The van der Waals surface area contributed by atoms with Crippen molar-refractivity contribution in [3.05, 3.63) is 18.2 Å². The summed E-state index contributed by atoms with van der Waals surface area (Å²) >= 11 is 0. The van der Waals surface area contributed by atoms with Crippen molar-refractivity contribution >= 4 is 15.7 Å². The molecule has 2 N–H and O–H groups in total. The SMILES string of the molecule is COc1ccc(NS(=O)(=O)C(C)CNC(C)C)cc1OC. The number of methoxy groups -OCH3 is 2. The number of anilines is 1. The Morgan fingerprint density at radius 1 is 1.10 bits per heavy atom. The molecule has 1 rings (SSSR count). The van der Waals surface area contributed by atoms with Crippen molar-refractivity contribution in [2.45, 2.75) is 32.1 Å². The minimum atomic E-state index is -3.46. The highest BCUT2D eigenvalue weighted by molar-refractivity contribution is 7.93. The normalized spacial score (nSPS) is 13.0. The zero-order valence-corrected chi connectivity index (χ0v) is 14.0. The predicted molar refractivity (Wildman–Crippen MR) is 84.7 cm³/mol. The second-order valence-electron chi connectivity index (χ2n) is 5.09. The number of sulfonamides is 1. The molecule has 0 aliphatic heterocycles. The van der Waals surface area contributed by atoms with Gasteiger partial charge in [-0.1, -0.05) is 13.8 Å². The van der Waals surface area contributed by atoms with Gasteiger partial charge < -0.3 is 14.8 Å². The molecule has 0 spiro atoms. The van der Waals surface area contributed by atoms with Crippen LogP contribution in [-0.4, -0.2) is 40.5 Å². The van der Waals surface area contributed by atoms with Crippen molar-refractivity contribution in [2.75, 3.05) is 25.5 Å². The van der Waals surface area contributed by atoms with Crippen LogP contribution in [0.25, 0.3) is 0 Å². The van der Waals surface area contributed by atoms with Crippen molar-refractivity contribution in [3.8, 4) is 11.5 Å². The van der Waals surface area contributed by atoms with Crippen LogP contribution in [0.15, 0.2) is 18.2 Å². The van der Waals surface area contributed by atoms with E-state index in [-0.39, 0.29) is 6.04 Å². The third-order valence-electron chi connectivity index (χ3n) is 2.99. The lowest BCUT2D eigenvalue weighted by molar-refractivity contribution is 0.355. The predicted octanol–water partition coefficient (Wildman–Crippen LogP) is 1.83. The molecular weight excluding hydrogens is 292 g/mol. The molecule has 1 aromatic rings. The zero-order chi connectivity index (χ0) is 16.0. The van der Waals surface area contributed by atoms with Crippen molar-refractivity contribution in [3.63, 3.8) is 0 Å². The van der Waals surface area contributed by atoms with E-state index < -0.39 is 15.3 Å². The average Bonchev–Trinajstić information content (AvgIpc) is 2.43. The molecule has 0 aliphatic carbocycles. The van der Waals surface area contributed by atoms with Crippen LogP contribution in [0.2, 0.25) is 0 Å². The van der Waals surface area contributed by atoms with E-state index in [0.717, 1.165) is 0 Å². The van der Waals surface area contributed by atoms with Gasteiger partial charge in [-0.15, -0.1) is 0 Å². The zero-order valence-electron chi connectivity index (χ0n) is 13.1. The first-order chi connectivity index (χ1) is 9.80. The van der Waals surface area contributed by atoms with Gasteiger partial charge in [-0.25, -0.2) is 8.42 Å². The van der Waals surface area contributed by atoms with Crippen LogP contribution in [0, 0.1) is 0 Å². The molecule has 0 radical (unpaired) electrons. The maximum Gasteiger partial charge on any atom is 0.236 e. The van der Waals surface area contributed by atoms with E-state index in [0.29, 0.717) is 23.7 Å². The molecule has 6 nitrogen and oxygen atoms in total. The van der Waals surface area contributed by atoms with Crippen molar-refractivity contribution in [1.82, 2.24) is 5.32 Å². The Bertz CT molecular complexity index is 558. The second kappa shape index (κ2) is 7.51. The summed E-state index contributed by atoms with van der Waals surface area (Å²) in [5.74, 6) is 1.03. The monoisotopic (exact) mass is 316 g/mol. The lowest BCUT2D eigenvalue weighted by Crippen LogP contribution is -2.37. The number of rotatable bonds is 8. The summed E-state index contributed by atoms with van der Waals surface area (Å²) < 4.78 is 37.3. The number of benzene rings is 1. The fourth-order valence-corrected chi connectivity index (χ4v) is 2.65. The summed E-state index contributed by atoms with van der Waals surface area (Å²) in [5.41, 5.74) is 0.448. The highest BCUT2D eigenvalue weighted by Gasteiger charge is 2.21. The molecule has 0 saturated carbocycles. The Balaban J connectivity index is 2.84. The van der Waals surface area contributed by atoms with E-state index in [1.165, 1.54) is 14.2 Å². The molecule has 0 bridgehead atoms. The highest BCUT2D eigenvalue weighted by atomic mass is 32.2. The second-order valence-corrected chi connectivity index (χ2v) is 7.19. The van der Waals surface area contributed by atoms with Gasteiger partial charge in [-0.3, -0.25) is 4.72 Å². The van der Waals surface area contributed by atoms with E-state index in [2.05, 4.69) is 10.0 Å². The van der Waals surface area contributed by atoms with Crippen molar-refractivity contribution in [2.24, 2.45) is 0 Å².